The third kappa shape index (κ3) is 3.65. The van der Waals surface area contributed by atoms with Crippen molar-refractivity contribution < 1.29 is 14.4 Å². The molecule has 1 unspecified atom stereocenters. The Labute approximate surface area is 158 Å². The molecule has 0 spiro atoms. The van der Waals surface area contributed by atoms with Crippen LogP contribution in [0.2, 0.25) is 0 Å². The lowest BCUT2D eigenvalue weighted by Crippen LogP contribution is -2.42. The third-order valence-electron chi connectivity index (χ3n) is 5.23. The lowest BCUT2D eigenvalue weighted by molar-refractivity contribution is -0.138. The maximum absolute atomic E-state index is 12.7. The molecule has 1 aliphatic carbocycles. The summed E-state index contributed by atoms with van der Waals surface area (Å²) in [5.41, 5.74) is 0.836. The molecule has 27 heavy (non-hydrogen) atoms. The van der Waals surface area contributed by atoms with Crippen LogP contribution in [0.4, 0.5) is 5.69 Å². The number of likely N-dealkylation sites (N-methyl/N-ethyl adjacent to an activating group) is 1. The average molecular weight is 365 g/mol. The quantitative estimate of drug-likeness (QED) is 0.880. The Morgan fingerprint density at radius 2 is 1.89 bits per heavy atom. The fourth-order valence-corrected chi connectivity index (χ4v) is 3.66. The summed E-state index contributed by atoms with van der Waals surface area (Å²) in [5.74, 6) is -0.767. The van der Waals surface area contributed by atoms with Gasteiger partial charge in [-0.1, -0.05) is 36.4 Å². The van der Waals surface area contributed by atoms with Crippen LogP contribution in [-0.2, 0) is 14.4 Å². The Balaban J connectivity index is 1.46. The van der Waals surface area contributed by atoms with Gasteiger partial charge < -0.3 is 15.1 Å². The van der Waals surface area contributed by atoms with Crippen molar-refractivity contribution in [3.05, 3.63) is 42.5 Å². The second-order valence-electron chi connectivity index (χ2n) is 7.44. The van der Waals surface area contributed by atoms with Gasteiger partial charge in [-0.15, -0.1) is 0 Å². The number of nitrogens with zero attached hydrogens (tertiary/aromatic N) is 2. The standard InChI is InChI=1S/C21H23N3O3/c1-23(13-19(25)22-16-9-10-16)21(27)15-11-20(26)24(12-15)18-8-4-6-14-5-2-3-7-17(14)18/h2-8,15-16H,9-13H2,1H3,(H,22,25). The van der Waals surface area contributed by atoms with Crippen LogP contribution in [0.15, 0.2) is 42.5 Å². The van der Waals surface area contributed by atoms with Gasteiger partial charge in [0, 0.05) is 31.4 Å². The zero-order chi connectivity index (χ0) is 19.0. The highest BCUT2D eigenvalue weighted by molar-refractivity contribution is 6.07. The molecule has 0 radical (unpaired) electrons. The highest BCUT2D eigenvalue weighted by Crippen LogP contribution is 2.32. The molecular weight excluding hydrogens is 342 g/mol. The van der Waals surface area contributed by atoms with Gasteiger partial charge in [0.1, 0.15) is 0 Å². The van der Waals surface area contributed by atoms with Gasteiger partial charge in [0.25, 0.3) is 0 Å². The van der Waals surface area contributed by atoms with Crippen molar-refractivity contribution in [3.8, 4) is 0 Å². The first-order chi connectivity index (χ1) is 13.0. The van der Waals surface area contributed by atoms with E-state index in [9.17, 15) is 14.4 Å². The molecule has 0 bridgehead atoms. The van der Waals surface area contributed by atoms with E-state index in [-0.39, 0.29) is 36.7 Å². The first-order valence-corrected chi connectivity index (χ1v) is 9.35. The number of benzene rings is 2. The van der Waals surface area contributed by atoms with E-state index in [1.165, 1.54) is 4.90 Å². The van der Waals surface area contributed by atoms with Crippen molar-refractivity contribution in [1.82, 2.24) is 10.2 Å². The first-order valence-electron chi connectivity index (χ1n) is 9.35. The molecule has 3 amide bonds. The number of rotatable bonds is 5. The number of anilines is 1. The van der Waals surface area contributed by atoms with Crippen LogP contribution in [-0.4, -0.2) is 48.8 Å². The molecule has 1 N–H and O–H groups in total. The molecule has 6 heteroatoms. The van der Waals surface area contributed by atoms with Crippen LogP contribution >= 0.6 is 0 Å². The molecule has 140 valence electrons. The molecular formula is C21H23N3O3. The van der Waals surface area contributed by atoms with E-state index in [1.807, 2.05) is 42.5 Å². The topological polar surface area (TPSA) is 69.7 Å². The number of hydrogen-bond donors (Lipinski definition) is 1. The summed E-state index contributed by atoms with van der Waals surface area (Å²) >= 11 is 0. The SMILES string of the molecule is CN(CC(=O)NC1CC1)C(=O)C1CC(=O)N(c2cccc3ccccc23)C1. The molecule has 2 aromatic carbocycles. The van der Waals surface area contributed by atoms with Crippen molar-refractivity contribution in [3.63, 3.8) is 0 Å². The van der Waals surface area contributed by atoms with Crippen LogP contribution in [0.25, 0.3) is 10.8 Å². The minimum Gasteiger partial charge on any atom is -0.352 e. The Morgan fingerprint density at radius 1 is 1.15 bits per heavy atom. The van der Waals surface area contributed by atoms with Gasteiger partial charge in [-0.3, -0.25) is 14.4 Å². The van der Waals surface area contributed by atoms with E-state index < -0.39 is 5.92 Å². The number of carbonyl (C=O) groups excluding carboxylic acids is 3. The largest absolute Gasteiger partial charge is 0.352 e. The van der Waals surface area contributed by atoms with E-state index in [1.54, 1.807) is 11.9 Å². The van der Waals surface area contributed by atoms with Crippen LogP contribution in [0.3, 0.4) is 0 Å². The molecule has 1 aliphatic heterocycles. The van der Waals surface area contributed by atoms with Crippen molar-refractivity contribution >= 4 is 34.2 Å². The molecule has 6 nitrogen and oxygen atoms in total. The van der Waals surface area contributed by atoms with E-state index in [2.05, 4.69) is 5.32 Å². The predicted octanol–water partition coefficient (Wildman–Crippen LogP) is 1.93. The second kappa shape index (κ2) is 7.02. The summed E-state index contributed by atoms with van der Waals surface area (Å²) in [6.45, 7) is 0.383. The van der Waals surface area contributed by atoms with Crippen LogP contribution in [0.5, 0.6) is 0 Å². The molecule has 1 saturated heterocycles. The second-order valence-corrected chi connectivity index (χ2v) is 7.44. The lowest BCUT2D eigenvalue weighted by atomic mass is 10.1. The number of nitrogens with one attached hydrogen (secondary N) is 1. The van der Waals surface area contributed by atoms with E-state index >= 15 is 0 Å². The van der Waals surface area contributed by atoms with E-state index in [4.69, 9.17) is 0 Å². The summed E-state index contributed by atoms with van der Waals surface area (Å²) in [6.07, 6.45) is 2.21. The monoisotopic (exact) mass is 365 g/mol. The first kappa shape index (κ1) is 17.5. The predicted molar refractivity (Wildman–Crippen MR) is 103 cm³/mol. The maximum atomic E-state index is 12.7. The van der Waals surface area contributed by atoms with Gasteiger partial charge in [-0.25, -0.2) is 0 Å². The molecule has 1 saturated carbocycles. The summed E-state index contributed by atoms with van der Waals surface area (Å²) in [4.78, 5) is 40.4. The van der Waals surface area contributed by atoms with Crippen LogP contribution in [0.1, 0.15) is 19.3 Å². The molecule has 2 aliphatic rings. The molecule has 1 atom stereocenters. The number of fused-ring (bicyclic) bond motifs is 1. The van der Waals surface area contributed by atoms with Gasteiger partial charge in [-0.05, 0) is 24.3 Å². The highest BCUT2D eigenvalue weighted by Gasteiger charge is 2.37. The Kier molecular flexibility index (Phi) is 4.56. The molecule has 2 aromatic rings. The fourth-order valence-electron chi connectivity index (χ4n) is 3.66. The normalized spacial score (nSPS) is 19.4. The minimum absolute atomic E-state index is 0.0360. The smallest absolute Gasteiger partial charge is 0.239 e. The van der Waals surface area contributed by atoms with E-state index in [0.29, 0.717) is 6.54 Å². The Morgan fingerprint density at radius 3 is 2.67 bits per heavy atom. The lowest BCUT2D eigenvalue weighted by Gasteiger charge is -2.22. The molecule has 2 fully saturated rings. The van der Waals surface area contributed by atoms with Crippen molar-refractivity contribution in [1.29, 1.82) is 0 Å². The van der Waals surface area contributed by atoms with E-state index in [0.717, 1.165) is 29.3 Å². The highest BCUT2D eigenvalue weighted by atomic mass is 16.2. The average Bonchev–Trinajstić information content (AvgIpc) is 3.39. The van der Waals surface area contributed by atoms with Gasteiger partial charge in [0.2, 0.25) is 17.7 Å². The third-order valence-corrected chi connectivity index (χ3v) is 5.23. The molecule has 4 rings (SSSR count). The Hall–Kier alpha value is -2.89. The number of amides is 3. The summed E-state index contributed by atoms with van der Waals surface area (Å²) in [5, 5.41) is 4.94. The van der Waals surface area contributed by atoms with Crippen LogP contribution in [0, 0.1) is 5.92 Å². The number of hydrogen-bond acceptors (Lipinski definition) is 3. The minimum atomic E-state index is -0.421. The summed E-state index contributed by atoms with van der Waals surface area (Å²) in [6, 6.07) is 14.0. The van der Waals surface area contributed by atoms with Gasteiger partial charge in [0.05, 0.1) is 18.2 Å². The number of carbonyl (C=O) groups is 3. The molecule has 0 aromatic heterocycles. The molecule has 1 heterocycles. The summed E-state index contributed by atoms with van der Waals surface area (Å²) in [7, 11) is 1.62. The fraction of sp³-hybridized carbons (Fsp3) is 0.381. The van der Waals surface area contributed by atoms with Gasteiger partial charge >= 0.3 is 0 Å². The summed E-state index contributed by atoms with van der Waals surface area (Å²) < 4.78 is 0. The maximum Gasteiger partial charge on any atom is 0.239 e. The van der Waals surface area contributed by atoms with Crippen molar-refractivity contribution in [2.45, 2.75) is 25.3 Å². The van der Waals surface area contributed by atoms with Gasteiger partial charge in [-0.2, -0.15) is 0 Å². The van der Waals surface area contributed by atoms with Gasteiger partial charge in [0.15, 0.2) is 0 Å². The zero-order valence-electron chi connectivity index (χ0n) is 15.4. The van der Waals surface area contributed by atoms with Crippen molar-refractivity contribution in [2.75, 3.05) is 25.0 Å². The van der Waals surface area contributed by atoms with Crippen molar-refractivity contribution in [2.24, 2.45) is 5.92 Å². The van der Waals surface area contributed by atoms with Crippen LogP contribution < -0.4 is 10.2 Å². The Bertz CT molecular complexity index is 901. The zero-order valence-corrected chi connectivity index (χ0v) is 15.4.